The predicted octanol–water partition coefficient (Wildman–Crippen LogP) is 3.13. The summed E-state index contributed by atoms with van der Waals surface area (Å²) in [6.07, 6.45) is 0. The Morgan fingerprint density at radius 2 is 2.00 bits per heavy atom. The molecule has 5 heteroatoms. The van der Waals surface area contributed by atoms with Gasteiger partial charge in [0.25, 0.3) is 5.69 Å². The molecular weight excluding hydrogens is 244 g/mol. The molecule has 0 atom stereocenters. The molecule has 0 radical (unpaired) electrons. The van der Waals surface area contributed by atoms with Gasteiger partial charge in [-0.15, -0.1) is 0 Å². The highest BCUT2D eigenvalue weighted by Crippen LogP contribution is 2.24. The van der Waals surface area contributed by atoms with E-state index in [2.05, 4.69) is 19.2 Å². The van der Waals surface area contributed by atoms with Gasteiger partial charge in [-0.3, -0.25) is 10.1 Å². The topological polar surface area (TPSA) is 64.4 Å². The molecular formula is C14H22N2O3. The first-order chi connectivity index (χ1) is 8.90. The zero-order valence-electron chi connectivity index (χ0n) is 12.0. The maximum absolute atomic E-state index is 10.8. The van der Waals surface area contributed by atoms with Gasteiger partial charge in [-0.2, -0.15) is 0 Å². The molecule has 0 aliphatic rings. The summed E-state index contributed by atoms with van der Waals surface area (Å²) in [6, 6.07) is 5.05. The van der Waals surface area contributed by atoms with Gasteiger partial charge < -0.3 is 10.1 Å². The molecule has 106 valence electrons. The molecule has 19 heavy (non-hydrogen) atoms. The number of rotatable bonds is 7. The third-order valence-electron chi connectivity index (χ3n) is 2.53. The van der Waals surface area contributed by atoms with E-state index < -0.39 is 0 Å². The lowest BCUT2D eigenvalue weighted by atomic mass is 10.1. The summed E-state index contributed by atoms with van der Waals surface area (Å²) in [5, 5.41) is 14.1. The minimum absolute atomic E-state index is 0.0949. The Morgan fingerprint density at radius 3 is 2.53 bits per heavy atom. The van der Waals surface area contributed by atoms with Crippen molar-refractivity contribution in [3.8, 4) is 5.75 Å². The van der Waals surface area contributed by atoms with Gasteiger partial charge in [-0.05, 0) is 12.0 Å². The van der Waals surface area contributed by atoms with Gasteiger partial charge in [0, 0.05) is 30.3 Å². The van der Waals surface area contributed by atoms with E-state index in [9.17, 15) is 10.1 Å². The molecule has 1 N–H and O–H groups in total. The zero-order chi connectivity index (χ0) is 14.4. The molecule has 0 amide bonds. The number of nitro groups is 1. The van der Waals surface area contributed by atoms with E-state index in [0.717, 1.165) is 5.56 Å². The van der Waals surface area contributed by atoms with Gasteiger partial charge in [0.05, 0.1) is 11.5 Å². The third kappa shape index (κ3) is 5.26. The van der Waals surface area contributed by atoms with E-state index in [-0.39, 0.29) is 10.6 Å². The van der Waals surface area contributed by atoms with Crippen LogP contribution in [0, 0.1) is 16.0 Å². The number of nitrogens with one attached hydrogen (secondary N) is 1. The molecule has 0 heterocycles. The average molecular weight is 266 g/mol. The van der Waals surface area contributed by atoms with Gasteiger partial charge >= 0.3 is 0 Å². The van der Waals surface area contributed by atoms with Crippen molar-refractivity contribution >= 4 is 5.69 Å². The van der Waals surface area contributed by atoms with Crippen molar-refractivity contribution in [2.75, 3.05) is 6.61 Å². The number of nitrogens with zero attached hydrogens (tertiary/aromatic N) is 1. The van der Waals surface area contributed by atoms with E-state index in [1.54, 1.807) is 12.1 Å². The first kappa shape index (κ1) is 15.4. The molecule has 0 aliphatic carbocycles. The van der Waals surface area contributed by atoms with Crippen LogP contribution in [-0.4, -0.2) is 17.6 Å². The minimum Gasteiger partial charge on any atom is -0.493 e. The van der Waals surface area contributed by atoms with Crippen LogP contribution in [-0.2, 0) is 6.54 Å². The van der Waals surface area contributed by atoms with Crippen molar-refractivity contribution in [1.29, 1.82) is 0 Å². The number of ether oxygens (including phenoxy) is 1. The number of benzene rings is 1. The van der Waals surface area contributed by atoms with Crippen molar-refractivity contribution in [2.45, 2.75) is 40.3 Å². The van der Waals surface area contributed by atoms with Crippen LogP contribution in [0.1, 0.15) is 33.3 Å². The summed E-state index contributed by atoms with van der Waals surface area (Å²) in [5.74, 6) is 1.13. The van der Waals surface area contributed by atoms with Crippen LogP contribution < -0.4 is 10.1 Å². The Morgan fingerprint density at radius 1 is 1.32 bits per heavy atom. The number of hydrogen-bond donors (Lipinski definition) is 1. The molecule has 0 bridgehead atoms. The van der Waals surface area contributed by atoms with Gasteiger partial charge in [0.2, 0.25) is 0 Å². The number of hydrogen-bond acceptors (Lipinski definition) is 4. The van der Waals surface area contributed by atoms with Crippen molar-refractivity contribution < 1.29 is 9.66 Å². The molecule has 0 spiro atoms. The summed E-state index contributed by atoms with van der Waals surface area (Å²) in [6.45, 7) is 9.37. The van der Waals surface area contributed by atoms with Gasteiger partial charge in [0.15, 0.2) is 0 Å². The van der Waals surface area contributed by atoms with Crippen LogP contribution in [0.15, 0.2) is 18.2 Å². The van der Waals surface area contributed by atoms with Crippen LogP contribution >= 0.6 is 0 Å². The highest BCUT2D eigenvalue weighted by molar-refractivity contribution is 5.43. The third-order valence-corrected chi connectivity index (χ3v) is 2.53. The maximum Gasteiger partial charge on any atom is 0.270 e. The summed E-state index contributed by atoms with van der Waals surface area (Å²) in [7, 11) is 0. The highest BCUT2D eigenvalue weighted by Gasteiger charge is 2.12. The van der Waals surface area contributed by atoms with Gasteiger partial charge in [-0.1, -0.05) is 27.7 Å². The lowest BCUT2D eigenvalue weighted by Gasteiger charge is -2.14. The fourth-order valence-electron chi connectivity index (χ4n) is 1.53. The van der Waals surface area contributed by atoms with Gasteiger partial charge in [0.1, 0.15) is 5.75 Å². The molecule has 1 rings (SSSR count). The highest BCUT2D eigenvalue weighted by atomic mass is 16.6. The number of nitro benzene ring substituents is 1. The van der Waals surface area contributed by atoms with Crippen LogP contribution in [0.25, 0.3) is 0 Å². The average Bonchev–Trinajstić information content (AvgIpc) is 2.33. The SMILES string of the molecule is CC(C)COc1ccc([N+](=O)[O-])cc1CNC(C)C. The molecule has 0 aliphatic heterocycles. The maximum atomic E-state index is 10.8. The van der Waals surface area contributed by atoms with E-state index in [1.807, 2.05) is 13.8 Å². The second-order valence-electron chi connectivity index (χ2n) is 5.29. The van der Waals surface area contributed by atoms with Crippen LogP contribution in [0.3, 0.4) is 0 Å². The van der Waals surface area contributed by atoms with Crippen molar-refractivity contribution in [3.05, 3.63) is 33.9 Å². The van der Waals surface area contributed by atoms with E-state index in [0.29, 0.717) is 30.9 Å². The largest absolute Gasteiger partial charge is 0.493 e. The quantitative estimate of drug-likeness (QED) is 0.608. The molecule has 0 fully saturated rings. The van der Waals surface area contributed by atoms with Crippen molar-refractivity contribution in [3.63, 3.8) is 0 Å². The summed E-state index contributed by atoms with van der Waals surface area (Å²) < 4.78 is 5.70. The lowest BCUT2D eigenvalue weighted by molar-refractivity contribution is -0.384. The summed E-state index contributed by atoms with van der Waals surface area (Å²) in [5.41, 5.74) is 0.918. The summed E-state index contributed by atoms with van der Waals surface area (Å²) >= 11 is 0. The Hall–Kier alpha value is -1.62. The van der Waals surface area contributed by atoms with E-state index >= 15 is 0 Å². The smallest absolute Gasteiger partial charge is 0.270 e. The molecule has 0 saturated carbocycles. The Kier molecular flexibility index (Phi) is 5.76. The van der Waals surface area contributed by atoms with Crippen molar-refractivity contribution in [1.82, 2.24) is 5.32 Å². The van der Waals surface area contributed by atoms with Crippen LogP contribution in [0.4, 0.5) is 5.69 Å². The second kappa shape index (κ2) is 7.09. The molecule has 1 aromatic rings. The fourth-order valence-corrected chi connectivity index (χ4v) is 1.53. The predicted molar refractivity (Wildman–Crippen MR) is 75.4 cm³/mol. The standard InChI is InChI=1S/C14H22N2O3/c1-10(2)9-19-14-6-5-13(16(17)18)7-12(14)8-15-11(3)4/h5-7,10-11,15H,8-9H2,1-4H3. The molecule has 0 saturated heterocycles. The summed E-state index contributed by atoms with van der Waals surface area (Å²) in [4.78, 5) is 10.4. The molecule has 5 nitrogen and oxygen atoms in total. The normalized spacial score (nSPS) is 11.1. The van der Waals surface area contributed by atoms with Crippen LogP contribution in [0.5, 0.6) is 5.75 Å². The zero-order valence-corrected chi connectivity index (χ0v) is 12.0. The number of non-ortho nitro benzene ring substituents is 1. The Bertz CT molecular complexity index is 431. The van der Waals surface area contributed by atoms with Gasteiger partial charge in [-0.25, -0.2) is 0 Å². The Labute approximate surface area is 114 Å². The Balaban J connectivity index is 2.90. The van der Waals surface area contributed by atoms with Crippen LogP contribution in [0.2, 0.25) is 0 Å². The second-order valence-corrected chi connectivity index (χ2v) is 5.29. The molecule has 0 unspecified atom stereocenters. The fraction of sp³-hybridized carbons (Fsp3) is 0.571. The molecule has 1 aromatic carbocycles. The monoisotopic (exact) mass is 266 g/mol. The molecule has 0 aromatic heterocycles. The van der Waals surface area contributed by atoms with Crippen molar-refractivity contribution in [2.24, 2.45) is 5.92 Å². The first-order valence-corrected chi connectivity index (χ1v) is 6.53. The van der Waals surface area contributed by atoms with E-state index in [1.165, 1.54) is 6.07 Å². The van der Waals surface area contributed by atoms with E-state index in [4.69, 9.17) is 4.74 Å². The minimum atomic E-state index is -0.384. The lowest BCUT2D eigenvalue weighted by Crippen LogP contribution is -2.22. The first-order valence-electron chi connectivity index (χ1n) is 6.53.